The van der Waals surface area contributed by atoms with Crippen LogP contribution in [0.1, 0.15) is 18.9 Å². The van der Waals surface area contributed by atoms with Gasteiger partial charge in [0.05, 0.1) is 6.07 Å². The van der Waals surface area contributed by atoms with E-state index < -0.39 is 5.54 Å². The summed E-state index contributed by atoms with van der Waals surface area (Å²) in [5.74, 6) is 0. The fourth-order valence-electron chi connectivity index (χ4n) is 2.69. The highest BCUT2D eigenvalue weighted by atomic mass is 15.2. The third-order valence-corrected chi connectivity index (χ3v) is 4.14. The Morgan fingerprint density at radius 3 is 2.50 bits per heavy atom. The Labute approximate surface area is 122 Å². The van der Waals surface area contributed by atoms with E-state index in [4.69, 9.17) is 0 Å². The van der Waals surface area contributed by atoms with Gasteiger partial charge in [-0.3, -0.25) is 4.90 Å². The van der Waals surface area contributed by atoms with Crippen LogP contribution in [0.3, 0.4) is 0 Å². The quantitative estimate of drug-likeness (QED) is 0.911. The van der Waals surface area contributed by atoms with Crippen LogP contribution in [0, 0.1) is 11.3 Å². The smallest absolute Gasteiger partial charge is 0.131 e. The molecule has 0 spiro atoms. The van der Waals surface area contributed by atoms with Crippen molar-refractivity contribution in [3.05, 3.63) is 29.8 Å². The van der Waals surface area contributed by atoms with E-state index in [1.54, 1.807) is 0 Å². The summed E-state index contributed by atoms with van der Waals surface area (Å²) in [6.07, 6.45) is 1.09. The molecule has 1 aromatic rings. The molecule has 1 aliphatic rings. The SMILES string of the molecule is CN(C)c1ccc(C(C)(C#N)N2CCCNCC2)cc1. The highest BCUT2D eigenvalue weighted by molar-refractivity contribution is 5.48. The summed E-state index contributed by atoms with van der Waals surface area (Å²) in [7, 11) is 4.05. The van der Waals surface area contributed by atoms with Crippen molar-refractivity contribution in [2.45, 2.75) is 18.9 Å². The fraction of sp³-hybridized carbons (Fsp3) is 0.562. The van der Waals surface area contributed by atoms with E-state index >= 15 is 0 Å². The number of hydrogen-bond acceptors (Lipinski definition) is 4. The monoisotopic (exact) mass is 272 g/mol. The van der Waals surface area contributed by atoms with Gasteiger partial charge in [-0.05, 0) is 37.6 Å². The number of nitrogens with zero attached hydrogens (tertiary/aromatic N) is 3. The minimum Gasteiger partial charge on any atom is -0.378 e. The molecule has 1 fully saturated rings. The standard InChI is InChI=1S/C16H24N4/c1-16(13-17,20-11-4-9-18-10-12-20)14-5-7-15(8-6-14)19(2)3/h5-8,18H,4,9-12H2,1-3H3. The molecule has 0 amide bonds. The molecule has 108 valence electrons. The maximum absolute atomic E-state index is 9.74. The van der Waals surface area contributed by atoms with E-state index in [1.807, 2.05) is 21.0 Å². The maximum atomic E-state index is 9.74. The largest absolute Gasteiger partial charge is 0.378 e. The Bertz CT molecular complexity index is 466. The van der Waals surface area contributed by atoms with Crippen molar-refractivity contribution in [1.82, 2.24) is 10.2 Å². The molecular weight excluding hydrogens is 248 g/mol. The van der Waals surface area contributed by atoms with Crippen LogP contribution in [0.4, 0.5) is 5.69 Å². The Morgan fingerprint density at radius 2 is 1.90 bits per heavy atom. The number of rotatable bonds is 3. The number of nitriles is 1. The van der Waals surface area contributed by atoms with Gasteiger partial charge >= 0.3 is 0 Å². The summed E-state index contributed by atoms with van der Waals surface area (Å²) in [5, 5.41) is 13.1. The molecule has 2 rings (SSSR count). The highest BCUT2D eigenvalue weighted by Crippen LogP contribution is 2.29. The van der Waals surface area contributed by atoms with Crippen molar-refractivity contribution >= 4 is 5.69 Å². The number of nitrogens with one attached hydrogen (secondary N) is 1. The van der Waals surface area contributed by atoms with E-state index in [0.29, 0.717) is 0 Å². The summed E-state index contributed by atoms with van der Waals surface area (Å²) in [5.41, 5.74) is 1.69. The van der Waals surface area contributed by atoms with E-state index in [0.717, 1.165) is 43.9 Å². The van der Waals surface area contributed by atoms with Crippen LogP contribution in [0.15, 0.2) is 24.3 Å². The first-order valence-electron chi connectivity index (χ1n) is 7.23. The molecule has 1 aliphatic heterocycles. The normalized spacial score (nSPS) is 19.7. The van der Waals surface area contributed by atoms with E-state index in [2.05, 4.69) is 45.5 Å². The van der Waals surface area contributed by atoms with Gasteiger partial charge in [0.2, 0.25) is 0 Å². The van der Waals surface area contributed by atoms with Gasteiger partial charge < -0.3 is 10.2 Å². The molecule has 0 radical (unpaired) electrons. The molecule has 4 heteroatoms. The molecule has 0 aromatic heterocycles. The van der Waals surface area contributed by atoms with Crippen molar-refractivity contribution < 1.29 is 0 Å². The third kappa shape index (κ3) is 2.95. The Morgan fingerprint density at radius 1 is 1.20 bits per heavy atom. The second kappa shape index (κ2) is 6.25. The van der Waals surface area contributed by atoms with E-state index in [9.17, 15) is 5.26 Å². The minimum atomic E-state index is -0.545. The summed E-state index contributed by atoms with van der Waals surface area (Å²) >= 11 is 0. The van der Waals surface area contributed by atoms with Gasteiger partial charge in [-0.15, -0.1) is 0 Å². The first kappa shape index (κ1) is 14.8. The van der Waals surface area contributed by atoms with E-state index in [1.165, 1.54) is 0 Å². The molecule has 1 atom stereocenters. The van der Waals surface area contributed by atoms with Gasteiger partial charge in [-0.25, -0.2) is 0 Å². The predicted molar refractivity (Wildman–Crippen MR) is 82.8 cm³/mol. The number of benzene rings is 1. The summed E-state index contributed by atoms with van der Waals surface area (Å²) < 4.78 is 0. The number of anilines is 1. The van der Waals surface area contributed by atoms with Crippen LogP contribution in [0.5, 0.6) is 0 Å². The van der Waals surface area contributed by atoms with Crippen molar-refractivity contribution in [2.24, 2.45) is 0 Å². The van der Waals surface area contributed by atoms with Gasteiger partial charge in [-0.1, -0.05) is 12.1 Å². The second-order valence-corrected chi connectivity index (χ2v) is 5.72. The fourth-order valence-corrected chi connectivity index (χ4v) is 2.69. The summed E-state index contributed by atoms with van der Waals surface area (Å²) in [6, 6.07) is 10.9. The Kier molecular flexibility index (Phi) is 4.64. The molecule has 0 saturated carbocycles. The maximum Gasteiger partial charge on any atom is 0.131 e. The van der Waals surface area contributed by atoms with Gasteiger partial charge in [-0.2, -0.15) is 5.26 Å². The van der Waals surface area contributed by atoms with Crippen molar-refractivity contribution in [2.75, 3.05) is 45.2 Å². The van der Waals surface area contributed by atoms with Gasteiger partial charge in [0.25, 0.3) is 0 Å². The molecule has 0 aliphatic carbocycles. The van der Waals surface area contributed by atoms with Crippen LogP contribution >= 0.6 is 0 Å². The lowest BCUT2D eigenvalue weighted by Crippen LogP contribution is -2.44. The van der Waals surface area contributed by atoms with Crippen molar-refractivity contribution in [1.29, 1.82) is 5.26 Å². The van der Waals surface area contributed by atoms with Crippen LogP contribution in [-0.2, 0) is 5.54 Å². The average molecular weight is 272 g/mol. The van der Waals surface area contributed by atoms with Crippen molar-refractivity contribution in [3.63, 3.8) is 0 Å². The lowest BCUT2D eigenvalue weighted by Gasteiger charge is -2.35. The molecule has 20 heavy (non-hydrogen) atoms. The molecule has 4 nitrogen and oxygen atoms in total. The van der Waals surface area contributed by atoms with Crippen LogP contribution in [-0.4, -0.2) is 45.2 Å². The second-order valence-electron chi connectivity index (χ2n) is 5.72. The highest BCUT2D eigenvalue weighted by Gasteiger charge is 2.34. The minimum absolute atomic E-state index is 0.545. The Balaban J connectivity index is 2.27. The zero-order valence-corrected chi connectivity index (χ0v) is 12.7. The molecular formula is C16H24N4. The topological polar surface area (TPSA) is 42.3 Å². The number of hydrogen-bond donors (Lipinski definition) is 1. The Hall–Kier alpha value is -1.57. The molecule has 1 heterocycles. The average Bonchev–Trinajstić information content (AvgIpc) is 2.76. The third-order valence-electron chi connectivity index (χ3n) is 4.14. The lowest BCUT2D eigenvalue weighted by atomic mass is 9.91. The van der Waals surface area contributed by atoms with Crippen LogP contribution in [0.25, 0.3) is 0 Å². The van der Waals surface area contributed by atoms with E-state index in [-0.39, 0.29) is 0 Å². The zero-order valence-electron chi connectivity index (χ0n) is 12.7. The first-order valence-corrected chi connectivity index (χ1v) is 7.23. The zero-order chi connectivity index (χ0) is 14.6. The summed E-state index contributed by atoms with van der Waals surface area (Å²) in [6.45, 7) is 5.90. The molecule has 0 bridgehead atoms. The summed E-state index contributed by atoms with van der Waals surface area (Å²) in [4.78, 5) is 4.36. The molecule has 1 aromatic carbocycles. The van der Waals surface area contributed by atoms with Crippen LogP contribution < -0.4 is 10.2 Å². The molecule has 1 saturated heterocycles. The molecule has 1 N–H and O–H groups in total. The molecule has 1 unspecified atom stereocenters. The van der Waals surface area contributed by atoms with Gasteiger partial charge in [0, 0.05) is 39.4 Å². The predicted octanol–water partition coefficient (Wildman–Crippen LogP) is 1.79. The van der Waals surface area contributed by atoms with Gasteiger partial charge in [0.15, 0.2) is 0 Å². The van der Waals surface area contributed by atoms with Crippen molar-refractivity contribution in [3.8, 4) is 6.07 Å². The lowest BCUT2D eigenvalue weighted by molar-refractivity contribution is 0.163. The van der Waals surface area contributed by atoms with Gasteiger partial charge in [0.1, 0.15) is 5.54 Å². The first-order chi connectivity index (χ1) is 9.58. The van der Waals surface area contributed by atoms with Crippen LogP contribution in [0.2, 0.25) is 0 Å².